The summed E-state index contributed by atoms with van der Waals surface area (Å²) in [5.41, 5.74) is 0.349. The molecule has 5 nitrogen and oxygen atoms in total. The van der Waals surface area contributed by atoms with Crippen molar-refractivity contribution < 1.29 is 23.8 Å². The second-order valence-electron chi connectivity index (χ2n) is 6.12. The maximum absolute atomic E-state index is 13.5. The first kappa shape index (κ1) is 16.7. The molecule has 0 amide bonds. The minimum atomic E-state index is -1.11. The number of carboxylic acids is 1. The Morgan fingerprint density at radius 1 is 1.30 bits per heavy atom. The second kappa shape index (κ2) is 6.24. The van der Waals surface area contributed by atoms with Gasteiger partial charge in [-0.05, 0) is 51.1 Å². The maximum Gasteiger partial charge on any atom is 0.328 e. The highest BCUT2D eigenvalue weighted by molar-refractivity contribution is 5.89. The zero-order valence-corrected chi connectivity index (χ0v) is 13.2. The number of aliphatic carboxylic acids is 1. The number of hydrogen-bond donors (Lipinski definition) is 1. The quantitative estimate of drug-likeness (QED) is 0.694. The van der Waals surface area contributed by atoms with E-state index in [0.717, 1.165) is 6.08 Å². The number of carbonyl (C=O) groups is 2. The van der Waals surface area contributed by atoms with Crippen LogP contribution in [0.2, 0.25) is 0 Å². The van der Waals surface area contributed by atoms with Gasteiger partial charge < -0.3 is 14.4 Å². The van der Waals surface area contributed by atoms with Crippen LogP contribution in [0.1, 0.15) is 26.5 Å². The molecule has 23 heavy (non-hydrogen) atoms. The van der Waals surface area contributed by atoms with Crippen molar-refractivity contribution in [1.29, 1.82) is 0 Å². The van der Waals surface area contributed by atoms with Crippen LogP contribution in [0.3, 0.4) is 0 Å². The van der Waals surface area contributed by atoms with Crippen LogP contribution >= 0.6 is 0 Å². The van der Waals surface area contributed by atoms with Gasteiger partial charge in [0.2, 0.25) is 0 Å². The Kier molecular flexibility index (Phi) is 4.54. The number of fused-ring (bicyclic) bond motifs is 1. The molecular weight excluding hydrogens is 301 g/mol. The molecule has 1 aromatic carbocycles. The minimum absolute atomic E-state index is 0.135. The van der Waals surface area contributed by atoms with Crippen molar-refractivity contribution in [2.45, 2.75) is 32.9 Å². The summed E-state index contributed by atoms with van der Waals surface area (Å²) in [6, 6.07) is 5.88. The lowest BCUT2D eigenvalue weighted by Gasteiger charge is -2.20. The zero-order chi connectivity index (χ0) is 17.2. The van der Waals surface area contributed by atoms with E-state index in [4.69, 9.17) is 9.84 Å². The van der Waals surface area contributed by atoms with Crippen molar-refractivity contribution in [3.8, 4) is 0 Å². The molecule has 1 heterocycles. The second-order valence-corrected chi connectivity index (χ2v) is 6.12. The van der Waals surface area contributed by atoms with Crippen LogP contribution in [0, 0.1) is 5.82 Å². The number of ether oxygens (including phenoxy) is 1. The first-order chi connectivity index (χ1) is 10.7. The molecular formula is C17H18FNO4. The van der Waals surface area contributed by atoms with Crippen molar-refractivity contribution >= 4 is 28.9 Å². The fraction of sp³-hybridized carbons (Fsp3) is 0.294. The number of halogens is 1. The van der Waals surface area contributed by atoms with Gasteiger partial charge in [-0.15, -0.1) is 0 Å². The molecule has 0 saturated carbocycles. The van der Waals surface area contributed by atoms with E-state index in [2.05, 4.69) is 0 Å². The van der Waals surface area contributed by atoms with E-state index >= 15 is 0 Å². The number of aromatic nitrogens is 1. The Bertz CT molecular complexity index is 784. The summed E-state index contributed by atoms with van der Waals surface area (Å²) >= 11 is 0. The van der Waals surface area contributed by atoms with Crippen LogP contribution in [0.25, 0.3) is 17.0 Å². The number of carbonyl (C=O) groups excluding carboxylic acids is 1. The number of benzene rings is 1. The predicted molar refractivity (Wildman–Crippen MR) is 84.4 cm³/mol. The molecule has 2 aromatic rings. The Morgan fingerprint density at radius 2 is 2.00 bits per heavy atom. The third kappa shape index (κ3) is 4.42. The zero-order valence-electron chi connectivity index (χ0n) is 13.2. The van der Waals surface area contributed by atoms with Gasteiger partial charge in [0, 0.05) is 17.2 Å². The fourth-order valence-corrected chi connectivity index (χ4v) is 2.22. The van der Waals surface area contributed by atoms with E-state index in [9.17, 15) is 14.0 Å². The van der Waals surface area contributed by atoms with E-state index in [1.165, 1.54) is 22.8 Å². The lowest BCUT2D eigenvalue weighted by molar-refractivity contribution is -0.155. The number of esters is 1. The first-order valence-corrected chi connectivity index (χ1v) is 7.07. The Labute approximate surface area is 133 Å². The molecule has 0 saturated heterocycles. The lowest BCUT2D eigenvalue weighted by atomic mass is 10.2. The topological polar surface area (TPSA) is 68.5 Å². The molecule has 0 aliphatic heterocycles. The molecule has 0 bridgehead atoms. The van der Waals surface area contributed by atoms with Crippen molar-refractivity contribution in [2.24, 2.45) is 0 Å². The summed E-state index contributed by atoms with van der Waals surface area (Å²) < 4.78 is 20.3. The summed E-state index contributed by atoms with van der Waals surface area (Å²) in [4.78, 5) is 22.8. The molecule has 1 N–H and O–H groups in total. The van der Waals surface area contributed by atoms with Gasteiger partial charge in [0.05, 0.1) is 5.52 Å². The first-order valence-electron chi connectivity index (χ1n) is 7.07. The normalized spacial score (nSPS) is 12.0. The van der Waals surface area contributed by atoms with Gasteiger partial charge in [-0.25, -0.2) is 9.18 Å². The summed E-state index contributed by atoms with van der Waals surface area (Å²) in [5, 5.41) is 9.48. The van der Waals surface area contributed by atoms with E-state index in [1.54, 1.807) is 32.9 Å². The Balaban J connectivity index is 2.45. The molecule has 0 unspecified atom stereocenters. The number of hydrogen-bond acceptors (Lipinski definition) is 3. The van der Waals surface area contributed by atoms with Crippen LogP contribution < -0.4 is 0 Å². The molecule has 1 aromatic heterocycles. The molecule has 0 fully saturated rings. The van der Waals surface area contributed by atoms with E-state index < -0.39 is 23.4 Å². The number of carboxylic acid groups (broad SMARTS) is 1. The van der Waals surface area contributed by atoms with Gasteiger partial charge in [0.15, 0.2) is 0 Å². The van der Waals surface area contributed by atoms with Crippen molar-refractivity contribution in [3.05, 3.63) is 41.9 Å². The summed E-state index contributed by atoms with van der Waals surface area (Å²) in [7, 11) is 0. The summed E-state index contributed by atoms with van der Waals surface area (Å²) in [5.74, 6) is -2.02. The van der Waals surface area contributed by atoms with E-state index in [0.29, 0.717) is 16.6 Å². The smallest absolute Gasteiger partial charge is 0.328 e. The molecule has 2 rings (SSSR count). The van der Waals surface area contributed by atoms with Gasteiger partial charge >= 0.3 is 11.9 Å². The highest BCUT2D eigenvalue weighted by atomic mass is 19.1. The molecule has 0 spiro atoms. The van der Waals surface area contributed by atoms with Crippen molar-refractivity contribution in [3.63, 3.8) is 0 Å². The third-order valence-corrected chi connectivity index (χ3v) is 3.00. The molecule has 6 heteroatoms. The Morgan fingerprint density at radius 3 is 2.61 bits per heavy atom. The van der Waals surface area contributed by atoms with Gasteiger partial charge in [0.1, 0.15) is 18.0 Å². The average molecular weight is 319 g/mol. The summed E-state index contributed by atoms with van der Waals surface area (Å²) in [6.07, 6.45) is 2.33. The molecule has 122 valence electrons. The van der Waals surface area contributed by atoms with Gasteiger partial charge in [-0.1, -0.05) is 0 Å². The molecule has 0 aliphatic carbocycles. The van der Waals surface area contributed by atoms with Crippen LogP contribution in [0.4, 0.5) is 4.39 Å². The monoisotopic (exact) mass is 319 g/mol. The van der Waals surface area contributed by atoms with Crippen LogP contribution in [0.15, 0.2) is 30.3 Å². The predicted octanol–water partition coefficient (Wildman–Crippen LogP) is 3.22. The molecule has 0 atom stereocenters. The molecule has 0 radical (unpaired) electrons. The number of rotatable bonds is 4. The largest absolute Gasteiger partial charge is 0.478 e. The highest BCUT2D eigenvalue weighted by Gasteiger charge is 2.18. The summed E-state index contributed by atoms with van der Waals surface area (Å²) in [6.45, 7) is 5.13. The average Bonchev–Trinajstić information content (AvgIpc) is 2.72. The Hall–Kier alpha value is -2.63. The third-order valence-electron chi connectivity index (χ3n) is 3.00. The molecule has 0 aliphatic rings. The van der Waals surface area contributed by atoms with Crippen molar-refractivity contribution in [1.82, 2.24) is 4.57 Å². The van der Waals surface area contributed by atoms with Crippen LogP contribution in [0.5, 0.6) is 0 Å². The van der Waals surface area contributed by atoms with Crippen LogP contribution in [-0.2, 0) is 20.9 Å². The van der Waals surface area contributed by atoms with E-state index in [1.807, 2.05) is 0 Å². The minimum Gasteiger partial charge on any atom is -0.478 e. The maximum atomic E-state index is 13.5. The SMILES string of the molecule is CC(C)(C)OC(=O)Cn1c(C=CC(=O)O)cc2ccc(F)cc21. The number of nitrogens with zero attached hydrogens (tertiary/aromatic N) is 1. The van der Waals surface area contributed by atoms with Gasteiger partial charge in [-0.3, -0.25) is 4.79 Å². The fourth-order valence-electron chi connectivity index (χ4n) is 2.22. The standard InChI is InChI=1S/C17H18FNO4/c1-17(2,3)23-16(22)10-19-13(6-7-15(20)21)8-11-4-5-12(18)9-14(11)19/h4-9H,10H2,1-3H3,(H,20,21). The van der Waals surface area contributed by atoms with E-state index in [-0.39, 0.29) is 6.54 Å². The highest BCUT2D eigenvalue weighted by Crippen LogP contribution is 2.23. The van der Waals surface area contributed by atoms with Crippen molar-refractivity contribution in [2.75, 3.05) is 0 Å². The van der Waals surface area contributed by atoms with Gasteiger partial charge in [-0.2, -0.15) is 0 Å². The lowest BCUT2D eigenvalue weighted by Crippen LogP contribution is -2.26. The van der Waals surface area contributed by atoms with Gasteiger partial charge in [0.25, 0.3) is 0 Å². The van der Waals surface area contributed by atoms with Crippen LogP contribution in [-0.4, -0.2) is 27.2 Å².